The van der Waals surface area contributed by atoms with Crippen molar-refractivity contribution in [2.24, 2.45) is 0 Å². The lowest BCUT2D eigenvalue weighted by Crippen LogP contribution is -1.99. The van der Waals surface area contributed by atoms with Crippen molar-refractivity contribution in [3.8, 4) is 0 Å². The van der Waals surface area contributed by atoms with Gasteiger partial charge in [-0.3, -0.25) is 4.79 Å². The Kier molecular flexibility index (Phi) is 3.53. The summed E-state index contributed by atoms with van der Waals surface area (Å²) in [7, 11) is 0. The van der Waals surface area contributed by atoms with E-state index < -0.39 is 11.9 Å². The maximum absolute atomic E-state index is 10.7. The first-order valence-corrected chi connectivity index (χ1v) is 4.53. The van der Waals surface area contributed by atoms with Crippen LogP contribution < -0.4 is 0 Å². The van der Waals surface area contributed by atoms with Crippen molar-refractivity contribution in [3.63, 3.8) is 0 Å². The zero-order valence-electron chi connectivity index (χ0n) is 7.39. The zero-order chi connectivity index (χ0) is 10.6. The Morgan fingerprint density at radius 3 is 2.57 bits per heavy atom. The van der Waals surface area contributed by atoms with Crippen molar-refractivity contribution in [1.82, 2.24) is 0 Å². The fourth-order valence-corrected chi connectivity index (χ4v) is 1.41. The highest BCUT2D eigenvalue weighted by Gasteiger charge is 2.10. The van der Waals surface area contributed by atoms with Gasteiger partial charge in [0.2, 0.25) is 0 Å². The van der Waals surface area contributed by atoms with Crippen molar-refractivity contribution >= 4 is 24.0 Å². The Morgan fingerprint density at radius 1 is 1.36 bits per heavy atom. The van der Waals surface area contributed by atoms with E-state index in [2.05, 4.69) is 4.18 Å². The Balaban J connectivity index is 2.84. The number of benzene rings is 1. The van der Waals surface area contributed by atoms with Crippen LogP contribution in [0.2, 0.25) is 0 Å². The van der Waals surface area contributed by atoms with Gasteiger partial charge in [0.25, 0.3) is 0 Å². The molecule has 4 nitrogen and oxygen atoms in total. The van der Waals surface area contributed by atoms with E-state index in [0.717, 1.165) is 12.0 Å². The van der Waals surface area contributed by atoms with E-state index in [0.29, 0.717) is 4.90 Å². The standard InChI is InChI=1S/C9H8O4S/c1-6(10)13-14-8-5-3-2-4-7(8)9(11)12/h2-5H,1H3,(H,11,12). The van der Waals surface area contributed by atoms with Crippen molar-refractivity contribution in [2.75, 3.05) is 0 Å². The van der Waals surface area contributed by atoms with Gasteiger partial charge < -0.3 is 9.29 Å². The van der Waals surface area contributed by atoms with Crippen molar-refractivity contribution < 1.29 is 18.9 Å². The molecule has 1 rings (SSSR count). The minimum absolute atomic E-state index is 0.124. The zero-order valence-corrected chi connectivity index (χ0v) is 8.21. The third-order valence-electron chi connectivity index (χ3n) is 1.37. The van der Waals surface area contributed by atoms with Crippen LogP contribution in [-0.2, 0) is 8.98 Å². The highest BCUT2D eigenvalue weighted by atomic mass is 32.2. The van der Waals surface area contributed by atoms with Gasteiger partial charge in [0.15, 0.2) is 0 Å². The summed E-state index contributed by atoms with van der Waals surface area (Å²) in [4.78, 5) is 21.6. The summed E-state index contributed by atoms with van der Waals surface area (Å²) in [5.41, 5.74) is 0.124. The second kappa shape index (κ2) is 4.66. The Hall–Kier alpha value is -1.49. The molecular formula is C9H8O4S. The monoisotopic (exact) mass is 212 g/mol. The van der Waals surface area contributed by atoms with Crippen LogP contribution in [0.5, 0.6) is 0 Å². The molecule has 74 valence electrons. The average molecular weight is 212 g/mol. The van der Waals surface area contributed by atoms with Gasteiger partial charge >= 0.3 is 11.9 Å². The molecule has 1 aromatic carbocycles. The normalized spacial score (nSPS) is 9.50. The van der Waals surface area contributed by atoms with Crippen molar-refractivity contribution in [3.05, 3.63) is 29.8 Å². The largest absolute Gasteiger partial charge is 0.478 e. The van der Waals surface area contributed by atoms with Gasteiger partial charge in [-0.1, -0.05) is 12.1 Å². The molecule has 0 fully saturated rings. The van der Waals surface area contributed by atoms with E-state index in [1.807, 2.05) is 0 Å². The topological polar surface area (TPSA) is 63.6 Å². The van der Waals surface area contributed by atoms with Gasteiger partial charge in [0.1, 0.15) is 0 Å². The number of carboxylic acids is 1. The van der Waals surface area contributed by atoms with Crippen LogP contribution in [0.4, 0.5) is 0 Å². The summed E-state index contributed by atoms with van der Waals surface area (Å²) in [5.74, 6) is -1.50. The second-order valence-electron chi connectivity index (χ2n) is 2.46. The molecule has 1 aromatic rings. The molecule has 0 amide bonds. The summed E-state index contributed by atoms with van der Waals surface area (Å²) in [5, 5.41) is 8.78. The average Bonchev–Trinajstić information content (AvgIpc) is 2.15. The van der Waals surface area contributed by atoms with Gasteiger partial charge in [0.05, 0.1) is 22.5 Å². The number of aromatic carboxylic acids is 1. The predicted octanol–water partition coefficient (Wildman–Crippen LogP) is 1.96. The molecule has 0 radical (unpaired) electrons. The Labute approximate surface area is 85.1 Å². The van der Waals surface area contributed by atoms with Crippen LogP contribution >= 0.6 is 12.0 Å². The highest BCUT2D eigenvalue weighted by molar-refractivity contribution is 7.95. The number of rotatable bonds is 3. The summed E-state index contributed by atoms with van der Waals surface area (Å²) >= 11 is 0.753. The fourth-order valence-electron chi connectivity index (χ4n) is 0.820. The lowest BCUT2D eigenvalue weighted by Gasteiger charge is -2.02. The third kappa shape index (κ3) is 2.77. The van der Waals surface area contributed by atoms with E-state index in [9.17, 15) is 9.59 Å². The quantitative estimate of drug-likeness (QED) is 0.776. The van der Waals surface area contributed by atoms with Gasteiger partial charge in [-0.15, -0.1) is 0 Å². The summed E-state index contributed by atoms with van der Waals surface area (Å²) < 4.78 is 4.63. The van der Waals surface area contributed by atoms with Crippen LogP contribution in [0, 0.1) is 0 Å². The summed E-state index contributed by atoms with van der Waals surface area (Å²) in [6.07, 6.45) is 0. The highest BCUT2D eigenvalue weighted by Crippen LogP contribution is 2.23. The van der Waals surface area contributed by atoms with E-state index in [1.54, 1.807) is 18.2 Å². The molecule has 0 aromatic heterocycles. The van der Waals surface area contributed by atoms with Gasteiger partial charge in [-0.25, -0.2) is 4.79 Å². The molecule has 0 bridgehead atoms. The molecule has 5 heteroatoms. The predicted molar refractivity (Wildman–Crippen MR) is 51.0 cm³/mol. The van der Waals surface area contributed by atoms with Crippen LogP contribution in [0.15, 0.2) is 29.2 Å². The lowest BCUT2D eigenvalue weighted by atomic mass is 10.2. The molecule has 0 saturated carbocycles. The molecule has 0 aliphatic heterocycles. The molecule has 0 atom stereocenters. The molecule has 0 aliphatic carbocycles. The van der Waals surface area contributed by atoms with Crippen LogP contribution in [0.25, 0.3) is 0 Å². The van der Waals surface area contributed by atoms with Crippen LogP contribution in [0.3, 0.4) is 0 Å². The smallest absolute Gasteiger partial charge is 0.336 e. The Morgan fingerprint density at radius 2 is 2.00 bits per heavy atom. The number of hydrogen-bond acceptors (Lipinski definition) is 4. The molecule has 0 heterocycles. The fraction of sp³-hybridized carbons (Fsp3) is 0.111. The second-order valence-corrected chi connectivity index (χ2v) is 3.23. The van der Waals surface area contributed by atoms with Crippen LogP contribution in [-0.4, -0.2) is 17.0 Å². The van der Waals surface area contributed by atoms with Crippen LogP contribution in [0.1, 0.15) is 17.3 Å². The van der Waals surface area contributed by atoms with E-state index in [1.165, 1.54) is 13.0 Å². The number of carbonyl (C=O) groups excluding carboxylic acids is 1. The molecule has 0 unspecified atom stereocenters. The SMILES string of the molecule is CC(=O)OSc1ccccc1C(=O)O. The van der Waals surface area contributed by atoms with Crippen molar-refractivity contribution in [1.29, 1.82) is 0 Å². The lowest BCUT2D eigenvalue weighted by molar-refractivity contribution is -0.130. The third-order valence-corrected chi connectivity index (χ3v) is 2.22. The maximum Gasteiger partial charge on any atom is 0.336 e. The maximum atomic E-state index is 10.7. The first kappa shape index (κ1) is 10.6. The molecular weight excluding hydrogens is 204 g/mol. The van der Waals surface area contributed by atoms with E-state index >= 15 is 0 Å². The van der Waals surface area contributed by atoms with E-state index in [4.69, 9.17) is 5.11 Å². The minimum Gasteiger partial charge on any atom is -0.478 e. The minimum atomic E-state index is -1.04. The first-order chi connectivity index (χ1) is 6.61. The molecule has 1 N–H and O–H groups in total. The Bertz CT molecular complexity index is 362. The van der Waals surface area contributed by atoms with Crippen molar-refractivity contribution in [2.45, 2.75) is 11.8 Å². The van der Waals surface area contributed by atoms with E-state index in [-0.39, 0.29) is 5.56 Å². The molecule has 0 aliphatic rings. The molecule has 14 heavy (non-hydrogen) atoms. The molecule has 0 spiro atoms. The van der Waals surface area contributed by atoms with Gasteiger partial charge in [-0.05, 0) is 12.1 Å². The number of carboxylic acid groups (broad SMARTS) is 1. The summed E-state index contributed by atoms with van der Waals surface area (Å²) in [6, 6.07) is 6.32. The first-order valence-electron chi connectivity index (χ1n) is 3.78. The number of hydrogen-bond donors (Lipinski definition) is 1. The summed E-state index contributed by atoms with van der Waals surface area (Å²) in [6.45, 7) is 1.26. The van der Waals surface area contributed by atoms with Gasteiger partial charge in [0, 0.05) is 6.92 Å². The number of carbonyl (C=O) groups is 2. The molecule has 0 saturated heterocycles. The van der Waals surface area contributed by atoms with Gasteiger partial charge in [-0.2, -0.15) is 0 Å².